The molecule has 0 aliphatic heterocycles. The van der Waals surface area contributed by atoms with Crippen molar-refractivity contribution in [2.75, 3.05) is 60.2 Å². The van der Waals surface area contributed by atoms with Gasteiger partial charge in [0.15, 0.2) is 5.96 Å². The van der Waals surface area contributed by atoms with Gasteiger partial charge in [0.25, 0.3) is 0 Å². The topological polar surface area (TPSA) is 71.3 Å². The van der Waals surface area contributed by atoms with Crippen LogP contribution in [0.2, 0.25) is 0 Å². The number of hydrogen-bond donors (Lipinski definition) is 2. The maximum atomic E-state index is 5.62. The molecule has 0 radical (unpaired) electrons. The van der Waals surface area contributed by atoms with Gasteiger partial charge in [-0.3, -0.25) is 9.89 Å². The molecule has 0 amide bonds. The smallest absolute Gasteiger partial charge is 0.191 e. The van der Waals surface area contributed by atoms with Crippen molar-refractivity contribution in [2.24, 2.45) is 4.99 Å². The van der Waals surface area contributed by atoms with Crippen LogP contribution in [-0.4, -0.2) is 71.0 Å². The fraction of sp³-hybridized carbons (Fsp3) is 0.722. The molecule has 8 heteroatoms. The Bertz CT molecular complexity index is 453. The lowest BCUT2D eigenvalue weighted by atomic mass is 10.2. The number of nitrogens with one attached hydrogen (secondary N) is 2. The zero-order chi connectivity index (χ0) is 18.3. The first-order valence-corrected chi connectivity index (χ1v) is 9.05. The van der Waals surface area contributed by atoms with Crippen LogP contribution in [0, 0.1) is 0 Å². The predicted molar refractivity (Wildman–Crippen MR) is 116 cm³/mol. The van der Waals surface area contributed by atoms with E-state index in [2.05, 4.69) is 34.4 Å². The fourth-order valence-corrected chi connectivity index (χ4v) is 2.59. The number of rotatable bonds is 13. The molecule has 1 aromatic rings. The summed E-state index contributed by atoms with van der Waals surface area (Å²) < 4.78 is 16.0. The summed E-state index contributed by atoms with van der Waals surface area (Å²) in [4.78, 5) is 6.65. The van der Waals surface area contributed by atoms with Crippen molar-refractivity contribution in [3.63, 3.8) is 0 Å². The lowest BCUT2D eigenvalue weighted by Gasteiger charge is -2.28. The Morgan fingerprint density at radius 2 is 2.00 bits per heavy atom. The standard InChI is InChI=1S/C18H34N4O3.HI/c1-5-22(6-2)16(17-9-7-12-25-17)15-21-18(19-3)20-10-8-11-24-14-13-23-4;/h7,9,12,16H,5-6,8,10-11,13-15H2,1-4H3,(H2,19,20,21);1H. The first-order valence-electron chi connectivity index (χ1n) is 9.05. The SMILES string of the molecule is CCN(CC)C(CNC(=NC)NCCCOCCOC)c1ccco1.I. The third-order valence-electron chi connectivity index (χ3n) is 4.00. The van der Waals surface area contributed by atoms with E-state index in [1.165, 1.54) is 0 Å². The molecule has 0 bridgehead atoms. The second-order valence-corrected chi connectivity index (χ2v) is 5.59. The minimum atomic E-state index is 0. The molecule has 0 fully saturated rings. The highest BCUT2D eigenvalue weighted by atomic mass is 127. The summed E-state index contributed by atoms with van der Waals surface area (Å²) in [6.07, 6.45) is 2.64. The van der Waals surface area contributed by atoms with E-state index in [1.54, 1.807) is 20.4 Å². The lowest BCUT2D eigenvalue weighted by Crippen LogP contribution is -2.43. The van der Waals surface area contributed by atoms with Crippen molar-refractivity contribution < 1.29 is 13.9 Å². The third kappa shape index (κ3) is 9.75. The predicted octanol–water partition coefficient (Wildman–Crippen LogP) is 2.50. The molecule has 0 spiro atoms. The van der Waals surface area contributed by atoms with E-state index >= 15 is 0 Å². The Labute approximate surface area is 174 Å². The largest absolute Gasteiger partial charge is 0.468 e. The highest BCUT2D eigenvalue weighted by Gasteiger charge is 2.20. The van der Waals surface area contributed by atoms with E-state index in [4.69, 9.17) is 13.9 Å². The van der Waals surface area contributed by atoms with Crippen molar-refractivity contribution in [3.05, 3.63) is 24.2 Å². The molecule has 2 N–H and O–H groups in total. The number of ether oxygens (including phenoxy) is 2. The first-order chi connectivity index (χ1) is 12.3. The van der Waals surface area contributed by atoms with Gasteiger partial charge in [0.2, 0.25) is 0 Å². The number of likely N-dealkylation sites (N-methyl/N-ethyl adjacent to an activating group) is 1. The van der Waals surface area contributed by atoms with Gasteiger partial charge in [-0.2, -0.15) is 0 Å². The van der Waals surface area contributed by atoms with E-state index in [-0.39, 0.29) is 30.0 Å². The van der Waals surface area contributed by atoms with E-state index in [0.29, 0.717) is 19.8 Å². The Morgan fingerprint density at radius 1 is 1.23 bits per heavy atom. The quantitative estimate of drug-likeness (QED) is 0.195. The molecular weight excluding hydrogens is 447 g/mol. The Kier molecular flexibility index (Phi) is 15.8. The van der Waals surface area contributed by atoms with Gasteiger partial charge in [-0.05, 0) is 31.6 Å². The molecule has 1 aromatic heterocycles. The summed E-state index contributed by atoms with van der Waals surface area (Å²) in [5.74, 6) is 1.76. The molecule has 0 aliphatic carbocycles. The van der Waals surface area contributed by atoms with Gasteiger partial charge in [0.05, 0.1) is 25.5 Å². The summed E-state index contributed by atoms with van der Waals surface area (Å²) in [6.45, 7) is 9.79. The van der Waals surface area contributed by atoms with Gasteiger partial charge in [-0.1, -0.05) is 13.8 Å². The van der Waals surface area contributed by atoms with E-state index in [0.717, 1.165) is 44.3 Å². The average molecular weight is 482 g/mol. The van der Waals surface area contributed by atoms with Crippen LogP contribution in [0.3, 0.4) is 0 Å². The lowest BCUT2D eigenvalue weighted by molar-refractivity contribution is 0.0698. The maximum absolute atomic E-state index is 5.62. The number of guanidine groups is 1. The summed E-state index contributed by atoms with van der Waals surface area (Å²) in [5, 5.41) is 6.71. The molecule has 0 aliphatic rings. The summed E-state index contributed by atoms with van der Waals surface area (Å²) in [5.41, 5.74) is 0. The molecule has 0 saturated carbocycles. The van der Waals surface area contributed by atoms with Crippen molar-refractivity contribution >= 4 is 29.9 Å². The van der Waals surface area contributed by atoms with Gasteiger partial charge in [0, 0.05) is 33.9 Å². The molecule has 1 atom stereocenters. The number of hydrogen-bond acceptors (Lipinski definition) is 5. The highest BCUT2D eigenvalue weighted by molar-refractivity contribution is 14.0. The number of halogens is 1. The van der Waals surface area contributed by atoms with Crippen LogP contribution in [-0.2, 0) is 9.47 Å². The number of nitrogens with zero attached hydrogens (tertiary/aromatic N) is 2. The Morgan fingerprint density at radius 3 is 2.58 bits per heavy atom. The number of aliphatic imine (C=N–C) groups is 1. The minimum Gasteiger partial charge on any atom is -0.468 e. The molecule has 1 heterocycles. The Balaban J connectivity index is 0.00000625. The molecule has 0 saturated heterocycles. The summed E-state index contributed by atoms with van der Waals surface area (Å²) in [7, 11) is 3.46. The zero-order valence-corrected chi connectivity index (χ0v) is 18.8. The Hall–Kier alpha value is -0.840. The van der Waals surface area contributed by atoms with Crippen molar-refractivity contribution in [1.29, 1.82) is 0 Å². The van der Waals surface area contributed by atoms with Crippen LogP contribution in [0.4, 0.5) is 0 Å². The molecule has 7 nitrogen and oxygen atoms in total. The molecular formula is C18H35IN4O3. The van der Waals surface area contributed by atoms with Crippen LogP contribution in [0.5, 0.6) is 0 Å². The van der Waals surface area contributed by atoms with Crippen LogP contribution < -0.4 is 10.6 Å². The van der Waals surface area contributed by atoms with Gasteiger partial charge in [-0.15, -0.1) is 24.0 Å². The van der Waals surface area contributed by atoms with Gasteiger partial charge < -0.3 is 24.5 Å². The van der Waals surface area contributed by atoms with Crippen LogP contribution >= 0.6 is 24.0 Å². The van der Waals surface area contributed by atoms with Gasteiger partial charge in [0.1, 0.15) is 5.76 Å². The first kappa shape index (κ1) is 25.2. The zero-order valence-electron chi connectivity index (χ0n) is 16.5. The van der Waals surface area contributed by atoms with Crippen LogP contribution in [0.25, 0.3) is 0 Å². The number of methoxy groups -OCH3 is 1. The molecule has 1 rings (SSSR count). The van der Waals surface area contributed by atoms with Crippen molar-refractivity contribution in [3.8, 4) is 0 Å². The van der Waals surface area contributed by atoms with E-state index < -0.39 is 0 Å². The van der Waals surface area contributed by atoms with Crippen LogP contribution in [0.1, 0.15) is 32.1 Å². The van der Waals surface area contributed by atoms with Crippen molar-refractivity contribution in [2.45, 2.75) is 26.3 Å². The average Bonchev–Trinajstić information content (AvgIpc) is 3.16. The highest BCUT2D eigenvalue weighted by Crippen LogP contribution is 2.20. The van der Waals surface area contributed by atoms with Crippen LogP contribution in [0.15, 0.2) is 27.8 Å². The van der Waals surface area contributed by atoms with Crippen molar-refractivity contribution in [1.82, 2.24) is 15.5 Å². The van der Waals surface area contributed by atoms with E-state index in [9.17, 15) is 0 Å². The monoisotopic (exact) mass is 482 g/mol. The molecule has 152 valence electrons. The molecule has 1 unspecified atom stereocenters. The number of furan rings is 1. The third-order valence-corrected chi connectivity index (χ3v) is 4.00. The summed E-state index contributed by atoms with van der Waals surface area (Å²) in [6, 6.07) is 4.14. The molecule has 0 aromatic carbocycles. The molecule has 26 heavy (non-hydrogen) atoms. The second kappa shape index (κ2) is 16.3. The van der Waals surface area contributed by atoms with Gasteiger partial charge >= 0.3 is 0 Å². The summed E-state index contributed by atoms with van der Waals surface area (Å²) >= 11 is 0. The van der Waals surface area contributed by atoms with E-state index in [1.807, 2.05) is 12.1 Å². The minimum absolute atomic E-state index is 0. The fourth-order valence-electron chi connectivity index (χ4n) is 2.59. The normalized spacial score (nSPS) is 12.7. The second-order valence-electron chi connectivity index (χ2n) is 5.59. The van der Waals surface area contributed by atoms with Gasteiger partial charge in [-0.25, -0.2) is 0 Å². The maximum Gasteiger partial charge on any atom is 0.191 e.